The molecule has 1 aromatic rings. The average molecular weight is 426 g/mol. The molecule has 7 heteroatoms. The third kappa shape index (κ3) is 8.57. The number of thiazole rings is 1. The Bertz CT molecular complexity index is 409. The number of ether oxygens (including phenoxy) is 1. The van der Waals surface area contributed by atoms with Gasteiger partial charge in [-0.15, -0.1) is 35.3 Å². The van der Waals surface area contributed by atoms with Gasteiger partial charge in [0.25, 0.3) is 0 Å². The minimum atomic E-state index is 0. The van der Waals surface area contributed by atoms with Crippen molar-refractivity contribution in [3.8, 4) is 0 Å². The molecule has 0 unspecified atom stereocenters. The molecule has 0 aliphatic heterocycles. The van der Waals surface area contributed by atoms with Crippen molar-refractivity contribution >= 4 is 41.3 Å². The normalized spacial score (nSPS) is 11.4. The van der Waals surface area contributed by atoms with Gasteiger partial charge in [0.2, 0.25) is 0 Å². The van der Waals surface area contributed by atoms with Crippen molar-refractivity contribution in [1.29, 1.82) is 0 Å². The van der Waals surface area contributed by atoms with Crippen LogP contribution in [0.4, 0.5) is 0 Å². The van der Waals surface area contributed by atoms with Crippen LogP contribution in [-0.4, -0.2) is 37.2 Å². The van der Waals surface area contributed by atoms with Crippen molar-refractivity contribution in [2.24, 2.45) is 4.99 Å². The highest BCUT2D eigenvalue weighted by Gasteiger charge is 2.05. The quantitative estimate of drug-likeness (QED) is 0.291. The first-order chi connectivity index (χ1) is 9.67. The summed E-state index contributed by atoms with van der Waals surface area (Å²) in [5.74, 6) is 1.29. The highest BCUT2D eigenvalue weighted by Crippen LogP contribution is 2.19. The van der Waals surface area contributed by atoms with E-state index in [0.717, 1.165) is 31.3 Å². The number of nitrogens with one attached hydrogen (secondary N) is 2. The van der Waals surface area contributed by atoms with Crippen LogP contribution < -0.4 is 10.6 Å². The molecule has 0 aliphatic carbocycles. The Hall–Kier alpha value is -0.410. The van der Waals surface area contributed by atoms with Crippen molar-refractivity contribution in [3.05, 3.63) is 16.1 Å². The molecule has 0 aliphatic rings. The van der Waals surface area contributed by atoms with Crippen molar-refractivity contribution in [2.75, 3.05) is 26.3 Å². The van der Waals surface area contributed by atoms with Gasteiger partial charge in [-0.05, 0) is 13.8 Å². The second-order valence-electron chi connectivity index (χ2n) is 4.65. The maximum atomic E-state index is 5.30. The number of hydrogen-bond donors (Lipinski definition) is 2. The van der Waals surface area contributed by atoms with E-state index in [1.54, 1.807) is 11.3 Å². The van der Waals surface area contributed by atoms with Crippen LogP contribution in [0.3, 0.4) is 0 Å². The first-order valence-electron chi connectivity index (χ1n) is 7.21. The summed E-state index contributed by atoms with van der Waals surface area (Å²) < 4.78 is 5.30. The molecule has 0 fully saturated rings. The topological polar surface area (TPSA) is 58.5 Å². The van der Waals surface area contributed by atoms with Crippen LogP contribution in [0, 0.1) is 0 Å². The van der Waals surface area contributed by atoms with Gasteiger partial charge in [-0.25, -0.2) is 9.98 Å². The Morgan fingerprint density at radius 3 is 2.71 bits per heavy atom. The first-order valence-corrected chi connectivity index (χ1v) is 8.09. The van der Waals surface area contributed by atoms with Crippen LogP contribution in [-0.2, 0) is 11.3 Å². The molecule has 5 nitrogen and oxygen atoms in total. The molecule has 0 bridgehead atoms. The molecule has 0 radical (unpaired) electrons. The monoisotopic (exact) mass is 426 g/mol. The predicted octanol–water partition coefficient (Wildman–Crippen LogP) is 2.98. The Balaban J connectivity index is 0.00000400. The summed E-state index contributed by atoms with van der Waals surface area (Å²) in [5.41, 5.74) is 1.03. The fraction of sp³-hybridized carbons (Fsp3) is 0.714. The molecular formula is C14H27IN4OS. The van der Waals surface area contributed by atoms with E-state index in [4.69, 9.17) is 4.74 Å². The molecule has 1 rings (SSSR count). The van der Waals surface area contributed by atoms with E-state index in [-0.39, 0.29) is 24.0 Å². The van der Waals surface area contributed by atoms with E-state index in [9.17, 15) is 0 Å². The molecule has 0 amide bonds. The van der Waals surface area contributed by atoms with Crippen LogP contribution in [0.15, 0.2) is 10.4 Å². The summed E-state index contributed by atoms with van der Waals surface area (Å²) in [7, 11) is 0. The van der Waals surface area contributed by atoms with Crippen molar-refractivity contribution < 1.29 is 4.74 Å². The predicted molar refractivity (Wildman–Crippen MR) is 101 cm³/mol. The zero-order valence-corrected chi connectivity index (χ0v) is 16.5. The highest BCUT2D eigenvalue weighted by atomic mass is 127. The largest absolute Gasteiger partial charge is 0.380 e. The van der Waals surface area contributed by atoms with E-state index in [1.807, 2.05) is 6.92 Å². The lowest BCUT2D eigenvalue weighted by molar-refractivity contribution is 0.152. The average Bonchev–Trinajstić information content (AvgIpc) is 2.90. The van der Waals surface area contributed by atoms with Crippen LogP contribution >= 0.6 is 35.3 Å². The number of rotatable bonds is 8. The summed E-state index contributed by atoms with van der Waals surface area (Å²) >= 11 is 1.71. The molecule has 0 aromatic carbocycles. The van der Waals surface area contributed by atoms with Gasteiger partial charge in [0.15, 0.2) is 5.96 Å². The lowest BCUT2D eigenvalue weighted by atomic mass is 10.2. The second-order valence-corrected chi connectivity index (χ2v) is 5.54. The van der Waals surface area contributed by atoms with Gasteiger partial charge in [-0.2, -0.15) is 0 Å². The van der Waals surface area contributed by atoms with Gasteiger partial charge in [-0.1, -0.05) is 13.8 Å². The Labute approximate surface area is 149 Å². The fourth-order valence-corrected chi connectivity index (χ4v) is 2.37. The fourth-order valence-electron chi connectivity index (χ4n) is 1.55. The molecule has 1 aromatic heterocycles. The van der Waals surface area contributed by atoms with Crippen molar-refractivity contribution in [3.63, 3.8) is 0 Å². The lowest BCUT2D eigenvalue weighted by Crippen LogP contribution is -2.39. The Kier molecular flexibility index (Phi) is 11.9. The number of halogens is 1. The SMILES string of the molecule is CCNC(=NCc1csc(C(C)C)n1)NCCOCC.I. The van der Waals surface area contributed by atoms with Gasteiger partial charge < -0.3 is 15.4 Å². The zero-order chi connectivity index (χ0) is 14.8. The summed E-state index contributed by atoms with van der Waals surface area (Å²) in [6.45, 7) is 12.0. The summed E-state index contributed by atoms with van der Waals surface area (Å²) in [6, 6.07) is 0. The molecule has 0 spiro atoms. The number of nitrogens with zero attached hydrogens (tertiary/aromatic N) is 2. The van der Waals surface area contributed by atoms with Crippen LogP contribution in [0.1, 0.15) is 44.3 Å². The lowest BCUT2D eigenvalue weighted by Gasteiger charge is -2.10. The number of aliphatic imine (C=N–C) groups is 1. The molecule has 2 N–H and O–H groups in total. The van der Waals surface area contributed by atoms with Crippen LogP contribution in [0.25, 0.3) is 0 Å². The molecular weight excluding hydrogens is 399 g/mol. The van der Waals surface area contributed by atoms with Gasteiger partial charge in [0.05, 0.1) is 23.9 Å². The van der Waals surface area contributed by atoms with Gasteiger partial charge in [0.1, 0.15) is 0 Å². The third-order valence-electron chi connectivity index (χ3n) is 2.55. The van der Waals surface area contributed by atoms with E-state index >= 15 is 0 Å². The number of hydrogen-bond acceptors (Lipinski definition) is 4. The minimum Gasteiger partial charge on any atom is -0.380 e. The summed E-state index contributed by atoms with van der Waals surface area (Å²) in [6.07, 6.45) is 0. The summed E-state index contributed by atoms with van der Waals surface area (Å²) in [4.78, 5) is 9.12. The van der Waals surface area contributed by atoms with E-state index in [2.05, 4.69) is 46.8 Å². The first kappa shape index (κ1) is 20.6. The van der Waals surface area contributed by atoms with Crippen molar-refractivity contribution in [1.82, 2.24) is 15.6 Å². The molecule has 21 heavy (non-hydrogen) atoms. The molecule has 0 saturated carbocycles. The summed E-state index contributed by atoms with van der Waals surface area (Å²) in [5, 5.41) is 9.72. The maximum Gasteiger partial charge on any atom is 0.191 e. The Morgan fingerprint density at radius 1 is 1.38 bits per heavy atom. The minimum absolute atomic E-state index is 0. The van der Waals surface area contributed by atoms with Crippen LogP contribution in [0.2, 0.25) is 0 Å². The van der Waals surface area contributed by atoms with Gasteiger partial charge in [-0.3, -0.25) is 0 Å². The molecule has 0 atom stereocenters. The second kappa shape index (κ2) is 12.2. The van der Waals surface area contributed by atoms with Crippen LogP contribution in [0.5, 0.6) is 0 Å². The van der Waals surface area contributed by atoms with E-state index in [0.29, 0.717) is 19.1 Å². The van der Waals surface area contributed by atoms with Gasteiger partial charge in [0, 0.05) is 31.0 Å². The standard InChI is InChI=1S/C14H26N4OS.HI/c1-5-15-14(16-7-8-19-6-2)17-9-12-10-20-13(18-12)11(3)4;/h10-11H,5-9H2,1-4H3,(H2,15,16,17);1H. The smallest absolute Gasteiger partial charge is 0.191 e. The maximum absolute atomic E-state index is 5.30. The molecule has 0 saturated heterocycles. The third-order valence-corrected chi connectivity index (χ3v) is 3.74. The van der Waals surface area contributed by atoms with Gasteiger partial charge >= 0.3 is 0 Å². The Morgan fingerprint density at radius 2 is 2.14 bits per heavy atom. The molecule has 122 valence electrons. The van der Waals surface area contributed by atoms with E-state index < -0.39 is 0 Å². The number of guanidine groups is 1. The number of aromatic nitrogens is 1. The van der Waals surface area contributed by atoms with E-state index in [1.165, 1.54) is 5.01 Å². The van der Waals surface area contributed by atoms with Crippen molar-refractivity contribution in [2.45, 2.75) is 40.2 Å². The zero-order valence-electron chi connectivity index (χ0n) is 13.3. The molecule has 1 heterocycles. The highest BCUT2D eigenvalue weighted by molar-refractivity contribution is 14.0.